The van der Waals surface area contributed by atoms with Gasteiger partial charge in [0.05, 0.1) is 4.92 Å². The number of thioether (sulfide) groups is 1. The van der Waals surface area contributed by atoms with Gasteiger partial charge in [-0.2, -0.15) is 0 Å². The highest BCUT2D eigenvalue weighted by Gasteiger charge is 2.51. The van der Waals surface area contributed by atoms with Gasteiger partial charge in [-0.15, -0.1) is 11.8 Å². The van der Waals surface area contributed by atoms with Crippen LogP contribution in [0.5, 0.6) is 0 Å². The minimum Gasteiger partial charge on any atom is -0.456 e. The van der Waals surface area contributed by atoms with Crippen molar-refractivity contribution in [1.82, 2.24) is 4.90 Å². The third-order valence-corrected chi connectivity index (χ3v) is 5.36. The molecule has 1 aromatic carbocycles. The smallest absolute Gasteiger partial charge is 0.355 e. The monoisotopic (exact) mass is 349 g/mol. The van der Waals surface area contributed by atoms with Crippen LogP contribution in [0.1, 0.15) is 12.5 Å². The summed E-state index contributed by atoms with van der Waals surface area (Å²) in [5.74, 6) is -0.255. The Morgan fingerprint density at radius 2 is 2.12 bits per heavy atom. The summed E-state index contributed by atoms with van der Waals surface area (Å²) >= 11 is 1.52. The van der Waals surface area contributed by atoms with E-state index in [1.165, 1.54) is 40.9 Å². The van der Waals surface area contributed by atoms with Crippen LogP contribution >= 0.6 is 11.8 Å². The van der Waals surface area contributed by atoms with Crippen molar-refractivity contribution in [1.29, 1.82) is 0 Å². The molecule has 9 heteroatoms. The molecule has 8 nitrogen and oxygen atoms in total. The number of nitrogens with zero attached hydrogens (tertiary/aromatic N) is 2. The topological polar surface area (TPSA) is 116 Å². The summed E-state index contributed by atoms with van der Waals surface area (Å²) in [5.41, 5.74) is 7.37. The minimum absolute atomic E-state index is 0.0283. The highest BCUT2D eigenvalue weighted by Crippen LogP contribution is 2.39. The van der Waals surface area contributed by atoms with Crippen LogP contribution in [0.4, 0.5) is 5.69 Å². The molecule has 2 aliphatic rings. The number of hydrogen-bond acceptors (Lipinski definition) is 7. The maximum Gasteiger partial charge on any atom is 0.355 e. The number of ether oxygens (including phenoxy) is 1. The van der Waals surface area contributed by atoms with E-state index in [2.05, 4.69) is 0 Å². The van der Waals surface area contributed by atoms with Gasteiger partial charge < -0.3 is 10.5 Å². The summed E-state index contributed by atoms with van der Waals surface area (Å²) in [7, 11) is 0. The number of fused-ring (bicyclic) bond motifs is 1. The lowest BCUT2D eigenvalue weighted by molar-refractivity contribution is -0.384. The Labute approximate surface area is 141 Å². The van der Waals surface area contributed by atoms with Gasteiger partial charge in [0.25, 0.3) is 5.69 Å². The zero-order valence-electron chi connectivity index (χ0n) is 12.8. The van der Waals surface area contributed by atoms with Gasteiger partial charge in [0, 0.05) is 17.9 Å². The molecule has 0 bridgehead atoms. The molecule has 0 saturated carbocycles. The van der Waals surface area contributed by atoms with Gasteiger partial charge in [0.2, 0.25) is 5.91 Å². The van der Waals surface area contributed by atoms with Crippen molar-refractivity contribution in [2.45, 2.75) is 24.9 Å². The number of nitrogens with two attached hydrogens (primary N) is 1. The van der Waals surface area contributed by atoms with Gasteiger partial charge in [-0.1, -0.05) is 0 Å². The molecule has 1 fully saturated rings. The van der Waals surface area contributed by atoms with Crippen molar-refractivity contribution >= 4 is 29.3 Å². The molecule has 2 aliphatic heterocycles. The molecule has 0 aromatic heterocycles. The van der Waals surface area contributed by atoms with E-state index in [0.717, 1.165) is 5.57 Å². The lowest BCUT2D eigenvalue weighted by atomic mass is 10.0. The summed E-state index contributed by atoms with van der Waals surface area (Å²) in [6.45, 7) is 1.75. The third-order valence-electron chi connectivity index (χ3n) is 3.91. The van der Waals surface area contributed by atoms with E-state index in [-0.39, 0.29) is 29.3 Å². The molecular weight excluding hydrogens is 334 g/mol. The van der Waals surface area contributed by atoms with E-state index in [4.69, 9.17) is 10.5 Å². The second-order valence-electron chi connectivity index (χ2n) is 5.56. The van der Waals surface area contributed by atoms with Crippen LogP contribution in [0.25, 0.3) is 0 Å². The summed E-state index contributed by atoms with van der Waals surface area (Å²) < 4.78 is 5.26. The molecule has 126 valence electrons. The SMILES string of the molecule is CC1=C(C(=O)OCc2ccc([N+](=O)[O-])cc2)N2C(=O)C(N)[C@H]2SC1. The molecule has 1 aromatic rings. The number of hydrogen-bond donors (Lipinski definition) is 1. The highest BCUT2D eigenvalue weighted by molar-refractivity contribution is 8.00. The van der Waals surface area contributed by atoms with Crippen molar-refractivity contribution in [2.75, 3.05) is 5.75 Å². The van der Waals surface area contributed by atoms with E-state index < -0.39 is 16.9 Å². The third kappa shape index (κ3) is 2.76. The molecule has 2 atom stereocenters. The zero-order valence-corrected chi connectivity index (χ0v) is 13.6. The minimum atomic E-state index is -0.587. The Morgan fingerprint density at radius 1 is 1.46 bits per heavy atom. The first-order valence-electron chi connectivity index (χ1n) is 7.20. The normalized spacial score (nSPS) is 22.8. The van der Waals surface area contributed by atoms with Gasteiger partial charge in [0.1, 0.15) is 23.7 Å². The summed E-state index contributed by atoms with van der Waals surface area (Å²) in [4.78, 5) is 35.8. The maximum absolute atomic E-state index is 12.4. The highest BCUT2D eigenvalue weighted by atomic mass is 32.2. The Bertz CT molecular complexity index is 746. The van der Waals surface area contributed by atoms with Crippen molar-refractivity contribution < 1.29 is 19.2 Å². The average Bonchev–Trinajstić information content (AvgIpc) is 2.59. The largest absolute Gasteiger partial charge is 0.456 e. The fourth-order valence-corrected chi connectivity index (χ4v) is 3.83. The fourth-order valence-electron chi connectivity index (χ4n) is 2.59. The van der Waals surface area contributed by atoms with Gasteiger partial charge in [0.15, 0.2) is 0 Å². The predicted molar refractivity (Wildman–Crippen MR) is 86.7 cm³/mol. The standard InChI is InChI=1S/C15H15N3O5S/c1-8-7-24-14-11(16)13(19)17(14)12(8)15(20)23-6-9-2-4-10(5-3-9)18(21)22/h2-5,11,14H,6-7,16H2,1H3/t11?,14-/m1/s1. The zero-order chi connectivity index (χ0) is 17.4. The number of non-ortho nitro benzene ring substituents is 1. The molecule has 1 unspecified atom stereocenters. The van der Waals surface area contributed by atoms with E-state index in [9.17, 15) is 19.7 Å². The van der Waals surface area contributed by atoms with Gasteiger partial charge in [-0.3, -0.25) is 19.8 Å². The molecule has 0 spiro atoms. The summed E-state index contributed by atoms with van der Waals surface area (Å²) in [6.07, 6.45) is 0. The van der Waals surface area contributed by atoms with Crippen molar-refractivity contribution in [3.63, 3.8) is 0 Å². The number of carbonyl (C=O) groups excluding carboxylic acids is 2. The van der Waals surface area contributed by atoms with Crippen LogP contribution in [0.2, 0.25) is 0 Å². The van der Waals surface area contributed by atoms with Crippen LogP contribution in [0, 0.1) is 10.1 Å². The average molecular weight is 349 g/mol. The first kappa shape index (κ1) is 16.5. The van der Waals surface area contributed by atoms with Crippen molar-refractivity contribution in [3.8, 4) is 0 Å². The number of rotatable bonds is 4. The van der Waals surface area contributed by atoms with E-state index >= 15 is 0 Å². The van der Waals surface area contributed by atoms with Crippen LogP contribution in [0.15, 0.2) is 35.5 Å². The number of benzene rings is 1. The van der Waals surface area contributed by atoms with Gasteiger partial charge in [-0.25, -0.2) is 4.79 Å². The molecule has 2 N–H and O–H groups in total. The maximum atomic E-state index is 12.4. The van der Waals surface area contributed by atoms with Crippen LogP contribution in [-0.2, 0) is 20.9 Å². The van der Waals surface area contributed by atoms with E-state index in [0.29, 0.717) is 11.3 Å². The Hall–Kier alpha value is -2.39. The van der Waals surface area contributed by atoms with E-state index in [1.807, 2.05) is 0 Å². The summed E-state index contributed by atoms with van der Waals surface area (Å²) in [5, 5.41) is 10.4. The molecule has 2 heterocycles. The van der Waals surface area contributed by atoms with Crippen molar-refractivity contribution in [2.24, 2.45) is 5.73 Å². The number of nitro groups is 1. The van der Waals surface area contributed by atoms with E-state index in [1.54, 1.807) is 6.92 Å². The molecule has 24 heavy (non-hydrogen) atoms. The van der Waals surface area contributed by atoms with Crippen LogP contribution < -0.4 is 5.73 Å². The first-order chi connectivity index (χ1) is 11.4. The lowest BCUT2D eigenvalue weighted by Gasteiger charge is -2.48. The van der Waals surface area contributed by atoms with Gasteiger partial charge in [-0.05, 0) is 30.2 Å². The number of amides is 1. The quantitative estimate of drug-likeness (QED) is 0.375. The Kier molecular flexibility index (Phi) is 4.29. The Morgan fingerprint density at radius 3 is 2.75 bits per heavy atom. The molecule has 3 rings (SSSR count). The molecule has 1 amide bonds. The molecule has 1 saturated heterocycles. The predicted octanol–water partition coefficient (Wildman–Crippen LogP) is 1.15. The number of esters is 1. The molecular formula is C15H15N3O5S. The molecule has 0 aliphatic carbocycles. The van der Waals surface area contributed by atoms with Gasteiger partial charge >= 0.3 is 5.97 Å². The lowest BCUT2D eigenvalue weighted by Crippen LogP contribution is -2.68. The number of nitro benzene ring substituents is 1. The second kappa shape index (κ2) is 6.25. The number of β-lactam (4-membered cyclic amide) rings is 1. The Balaban J connectivity index is 1.68. The molecule has 0 radical (unpaired) electrons. The fraction of sp³-hybridized carbons (Fsp3) is 0.333. The van der Waals surface area contributed by atoms with Crippen LogP contribution in [0.3, 0.4) is 0 Å². The number of carbonyl (C=O) groups is 2. The van der Waals surface area contributed by atoms with Crippen molar-refractivity contribution in [3.05, 3.63) is 51.2 Å². The second-order valence-corrected chi connectivity index (χ2v) is 6.67. The first-order valence-corrected chi connectivity index (χ1v) is 8.25. The van der Waals surface area contributed by atoms with Crippen LogP contribution in [-0.4, -0.2) is 38.9 Å². The summed E-state index contributed by atoms with van der Waals surface area (Å²) in [6, 6.07) is 5.16.